The third kappa shape index (κ3) is 6.92. The van der Waals surface area contributed by atoms with Gasteiger partial charge in [0.25, 0.3) is 11.7 Å². The highest BCUT2D eigenvalue weighted by Crippen LogP contribution is 2.40. The quantitative estimate of drug-likeness (QED) is 0.209. The predicted molar refractivity (Wildman–Crippen MR) is 146 cm³/mol. The summed E-state index contributed by atoms with van der Waals surface area (Å²) < 4.78 is 10.5. The molecule has 1 N–H and O–H groups in total. The van der Waals surface area contributed by atoms with E-state index in [1.807, 2.05) is 12.1 Å². The number of amides is 1. The lowest BCUT2D eigenvalue weighted by molar-refractivity contribution is -0.140. The van der Waals surface area contributed by atoms with Crippen molar-refractivity contribution in [2.75, 3.05) is 40.4 Å². The van der Waals surface area contributed by atoms with Gasteiger partial charge in [0.05, 0.1) is 25.8 Å². The highest BCUT2D eigenvalue weighted by atomic mass is 16.5. The van der Waals surface area contributed by atoms with Gasteiger partial charge in [0.2, 0.25) is 0 Å². The largest absolute Gasteiger partial charge is 0.507 e. The second kappa shape index (κ2) is 13.8. The summed E-state index contributed by atoms with van der Waals surface area (Å²) in [7, 11) is 3.16. The second-order valence-corrected chi connectivity index (χ2v) is 9.40. The molecule has 3 rings (SSSR count). The van der Waals surface area contributed by atoms with Gasteiger partial charge in [-0.25, -0.2) is 0 Å². The van der Waals surface area contributed by atoms with Crippen molar-refractivity contribution in [3.8, 4) is 11.5 Å². The van der Waals surface area contributed by atoms with Gasteiger partial charge in [-0.15, -0.1) is 0 Å². The van der Waals surface area contributed by atoms with Gasteiger partial charge in [0.15, 0.2) is 0 Å². The molecule has 7 heteroatoms. The number of carbonyl (C=O) groups excluding carboxylic acids is 2. The average Bonchev–Trinajstić information content (AvgIpc) is 3.18. The van der Waals surface area contributed by atoms with Crippen molar-refractivity contribution in [2.45, 2.75) is 52.0 Å². The van der Waals surface area contributed by atoms with Crippen LogP contribution >= 0.6 is 0 Å². The van der Waals surface area contributed by atoms with Crippen molar-refractivity contribution in [1.82, 2.24) is 9.80 Å². The van der Waals surface area contributed by atoms with E-state index in [-0.39, 0.29) is 11.3 Å². The molecular formula is C30H40N2O5. The highest BCUT2D eigenvalue weighted by Gasteiger charge is 2.45. The number of nitrogens with zero attached hydrogens (tertiary/aromatic N) is 2. The van der Waals surface area contributed by atoms with Crippen LogP contribution in [0.5, 0.6) is 11.5 Å². The number of rotatable bonds is 14. The lowest BCUT2D eigenvalue weighted by Crippen LogP contribution is -2.34. The fourth-order valence-electron chi connectivity index (χ4n) is 4.71. The maximum atomic E-state index is 13.3. The van der Waals surface area contributed by atoms with Gasteiger partial charge in [-0.1, -0.05) is 38.8 Å². The van der Waals surface area contributed by atoms with Gasteiger partial charge >= 0.3 is 0 Å². The standard InChI is InChI=1S/C30H40N2O5/c1-5-7-18-31(19-8-6-2)20-9-21-32-27(22-10-14-24(36-3)15-11-22)26(29(34)30(32)35)28(33)23-12-16-25(37-4)17-13-23/h10-17,27,33H,5-9,18-21H2,1-4H3. The number of methoxy groups -OCH3 is 2. The highest BCUT2D eigenvalue weighted by molar-refractivity contribution is 6.46. The molecule has 2 aromatic carbocycles. The van der Waals surface area contributed by atoms with Crippen molar-refractivity contribution in [2.24, 2.45) is 0 Å². The van der Waals surface area contributed by atoms with Crippen LogP contribution in [0.2, 0.25) is 0 Å². The number of unbranched alkanes of at least 4 members (excludes halogenated alkanes) is 2. The Balaban J connectivity index is 1.92. The average molecular weight is 509 g/mol. The molecule has 1 saturated heterocycles. The van der Waals surface area contributed by atoms with Gasteiger partial charge in [-0.3, -0.25) is 9.59 Å². The first-order valence-corrected chi connectivity index (χ1v) is 13.2. The number of likely N-dealkylation sites (tertiary alicyclic amines) is 1. The predicted octanol–water partition coefficient (Wildman–Crippen LogP) is 5.42. The number of aliphatic hydroxyl groups is 1. The Hall–Kier alpha value is -3.32. The Morgan fingerprint density at radius 3 is 1.86 bits per heavy atom. The first kappa shape index (κ1) is 28.3. The summed E-state index contributed by atoms with van der Waals surface area (Å²) in [6.45, 7) is 7.74. The van der Waals surface area contributed by atoms with Gasteiger partial charge in [-0.05, 0) is 80.9 Å². The minimum absolute atomic E-state index is 0.106. The summed E-state index contributed by atoms with van der Waals surface area (Å²) in [5.41, 5.74) is 1.32. The molecule has 0 bridgehead atoms. The maximum Gasteiger partial charge on any atom is 0.295 e. The molecule has 1 aliphatic rings. The number of hydrogen-bond donors (Lipinski definition) is 1. The van der Waals surface area contributed by atoms with Crippen molar-refractivity contribution in [1.29, 1.82) is 0 Å². The number of hydrogen-bond acceptors (Lipinski definition) is 6. The zero-order valence-electron chi connectivity index (χ0n) is 22.5. The van der Waals surface area contributed by atoms with Crippen LogP contribution in [-0.2, 0) is 9.59 Å². The Kier molecular flexibility index (Phi) is 10.6. The van der Waals surface area contributed by atoms with Crippen molar-refractivity contribution >= 4 is 17.4 Å². The minimum atomic E-state index is -0.673. The van der Waals surface area contributed by atoms with Crippen LogP contribution in [0, 0.1) is 0 Å². The van der Waals surface area contributed by atoms with Gasteiger partial charge in [0, 0.05) is 12.1 Å². The molecule has 0 aliphatic carbocycles. The van der Waals surface area contributed by atoms with Crippen LogP contribution in [0.15, 0.2) is 54.1 Å². The molecular weight excluding hydrogens is 468 g/mol. The molecule has 1 atom stereocenters. The SMILES string of the molecule is CCCCN(CCCC)CCCN1C(=O)C(=O)C(=C(O)c2ccc(OC)cc2)C1c1ccc(OC)cc1. The van der Waals surface area contributed by atoms with E-state index in [9.17, 15) is 14.7 Å². The summed E-state index contributed by atoms with van der Waals surface area (Å²) in [5.74, 6) is -0.109. The summed E-state index contributed by atoms with van der Waals surface area (Å²) in [4.78, 5) is 30.6. The summed E-state index contributed by atoms with van der Waals surface area (Å²) in [5, 5.41) is 11.2. The normalized spacial score (nSPS) is 17.0. The monoisotopic (exact) mass is 508 g/mol. The number of benzene rings is 2. The fourth-order valence-corrected chi connectivity index (χ4v) is 4.71. The summed E-state index contributed by atoms with van der Waals surface area (Å²) in [6.07, 6.45) is 5.31. The van der Waals surface area contributed by atoms with Gasteiger partial charge in [0.1, 0.15) is 17.3 Å². The van der Waals surface area contributed by atoms with Crippen LogP contribution in [0.1, 0.15) is 63.1 Å². The first-order chi connectivity index (χ1) is 17.9. The molecule has 1 amide bonds. The molecule has 2 aromatic rings. The van der Waals surface area contributed by atoms with E-state index < -0.39 is 17.7 Å². The summed E-state index contributed by atoms with van der Waals surface area (Å²) >= 11 is 0. The van der Waals surface area contributed by atoms with Gasteiger partial charge < -0.3 is 24.4 Å². The lowest BCUT2D eigenvalue weighted by Gasteiger charge is -2.27. The molecule has 1 fully saturated rings. The zero-order chi connectivity index (χ0) is 26.8. The molecule has 1 aliphatic heterocycles. The topological polar surface area (TPSA) is 79.3 Å². The number of carbonyl (C=O) groups is 2. The number of Topliss-reactive ketones (excluding diaryl/α,β-unsaturated/α-hetero) is 1. The molecule has 0 spiro atoms. The number of ether oxygens (including phenoxy) is 2. The Morgan fingerprint density at radius 2 is 1.35 bits per heavy atom. The molecule has 37 heavy (non-hydrogen) atoms. The van der Waals surface area contributed by atoms with E-state index >= 15 is 0 Å². The number of ketones is 1. The van der Waals surface area contributed by atoms with Crippen molar-refractivity contribution in [3.05, 3.63) is 65.2 Å². The number of aliphatic hydroxyl groups excluding tert-OH is 1. The third-order valence-electron chi connectivity index (χ3n) is 6.86. The first-order valence-electron chi connectivity index (χ1n) is 13.2. The maximum absolute atomic E-state index is 13.3. The Morgan fingerprint density at radius 1 is 0.838 bits per heavy atom. The Bertz CT molecular complexity index is 1050. The van der Waals surface area contributed by atoms with Crippen molar-refractivity contribution in [3.63, 3.8) is 0 Å². The molecule has 1 heterocycles. The molecule has 1 unspecified atom stereocenters. The van der Waals surface area contributed by atoms with E-state index in [0.29, 0.717) is 23.6 Å². The third-order valence-corrected chi connectivity index (χ3v) is 6.86. The van der Waals surface area contributed by atoms with E-state index in [1.54, 1.807) is 55.5 Å². The van der Waals surface area contributed by atoms with Crippen LogP contribution in [-0.4, -0.2) is 67.0 Å². The van der Waals surface area contributed by atoms with E-state index in [2.05, 4.69) is 18.7 Å². The summed E-state index contributed by atoms with van der Waals surface area (Å²) in [6, 6.07) is 13.4. The minimum Gasteiger partial charge on any atom is -0.507 e. The second-order valence-electron chi connectivity index (χ2n) is 9.40. The zero-order valence-corrected chi connectivity index (χ0v) is 22.5. The van der Waals surface area contributed by atoms with E-state index in [0.717, 1.165) is 57.3 Å². The van der Waals surface area contributed by atoms with Crippen molar-refractivity contribution < 1.29 is 24.2 Å². The van der Waals surface area contributed by atoms with Crippen LogP contribution in [0.25, 0.3) is 5.76 Å². The molecule has 0 radical (unpaired) electrons. The van der Waals surface area contributed by atoms with E-state index in [1.165, 1.54) is 0 Å². The lowest BCUT2D eigenvalue weighted by atomic mass is 9.95. The molecule has 0 aromatic heterocycles. The Labute approximate surface area is 220 Å². The van der Waals surface area contributed by atoms with Gasteiger partial charge in [-0.2, -0.15) is 0 Å². The smallest absolute Gasteiger partial charge is 0.295 e. The van der Waals surface area contributed by atoms with Crippen LogP contribution in [0.3, 0.4) is 0 Å². The van der Waals surface area contributed by atoms with Crippen LogP contribution < -0.4 is 9.47 Å². The fraction of sp³-hybridized carbons (Fsp3) is 0.467. The van der Waals surface area contributed by atoms with Crippen LogP contribution in [0.4, 0.5) is 0 Å². The molecule has 200 valence electrons. The molecule has 0 saturated carbocycles. The molecule has 7 nitrogen and oxygen atoms in total. The van der Waals surface area contributed by atoms with E-state index in [4.69, 9.17) is 9.47 Å².